The molecule has 5 heteroatoms. The molecule has 3 rings (SSSR count). The lowest BCUT2D eigenvalue weighted by atomic mass is 9.99. The first-order chi connectivity index (χ1) is 10.1. The van der Waals surface area contributed by atoms with Crippen LogP contribution in [0.3, 0.4) is 0 Å². The van der Waals surface area contributed by atoms with Crippen molar-refractivity contribution in [1.29, 1.82) is 0 Å². The van der Waals surface area contributed by atoms with Gasteiger partial charge in [-0.15, -0.1) is 12.4 Å². The largest absolute Gasteiger partial charge is 0.335 e. The minimum absolute atomic E-state index is 0. The van der Waals surface area contributed by atoms with E-state index >= 15 is 0 Å². The Kier molecular flexibility index (Phi) is 5.81. The number of hydrogen-bond donors (Lipinski definition) is 1. The molecule has 22 heavy (non-hydrogen) atoms. The summed E-state index contributed by atoms with van der Waals surface area (Å²) in [5.41, 5.74) is 0.899. The summed E-state index contributed by atoms with van der Waals surface area (Å²) in [6.07, 6.45) is 3.90. The maximum atomic E-state index is 13.3. The predicted molar refractivity (Wildman–Crippen MR) is 87.7 cm³/mol. The lowest BCUT2D eigenvalue weighted by Crippen LogP contribution is -2.45. The van der Waals surface area contributed by atoms with E-state index in [4.69, 9.17) is 0 Å². The monoisotopic (exact) mass is 326 g/mol. The highest BCUT2D eigenvalue weighted by Gasteiger charge is 2.39. The van der Waals surface area contributed by atoms with Gasteiger partial charge in [-0.3, -0.25) is 4.79 Å². The van der Waals surface area contributed by atoms with Crippen LogP contribution < -0.4 is 5.32 Å². The van der Waals surface area contributed by atoms with E-state index in [9.17, 15) is 9.18 Å². The zero-order valence-electron chi connectivity index (χ0n) is 12.9. The average Bonchev–Trinajstić information content (AvgIpc) is 2.71. The molecule has 2 aliphatic rings. The fraction of sp³-hybridized carbons (Fsp3) is 0.588. The molecule has 0 saturated carbocycles. The molecule has 1 aromatic carbocycles. The summed E-state index contributed by atoms with van der Waals surface area (Å²) in [5.74, 6) is -0.0883. The van der Waals surface area contributed by atoms with Crippen LogP contribution in [0.5, 0.6) is 0 Å². The van der Waals surface area contributed by atoms with E-state index in [1.165, 1.54) is 12.1 Å². The summed E-state index contributed by atoms with van der Waals surface area (Å²) in [7, 11) is 0. The van der Waals surface area contributed by atoms with Crippen molar-refractivity contribution < 1.29 is 9.18 Å². The van der Waals surface area contributed by atoms with E-state index in [2.05, 4.69) is 10.2 Å². The molecule has 0 spiro atoms. The van der Waals surface area contributed by atoms with Crippen molar-refractivity contribution >= 4 is 18.3 Å². The Balaban J connectivity index is 0.00000176. The Morgan fingerprint density at radius 3 is 2.91 bits per heavy atom. The molecule has 2 fully saturated rings. The van der Waals surface area contributed by atoms with E-state index in [0.29, 0.717) is 18.5 Å². The topological polar surface area (TPSA) is 32.3 Å². The number of amides is 1. The molecule has 1 N–H and O–H groups in total. The molecule has 2 saturated heterocycles. The third-order valence-electron chi connectivity index (χ3n) is 4.76. The first-order valence-corrected chi connectivity index (χ1v) is 7.92. The van der Waals surface area contributed by atoms with Gasteiger partial charge in [0, 0.05) is 24.5 Å². The fourth-order valence-electron chi connectivity index (χ4n) is 3.70. The summed E-state index contributed by atoms with van der Waals surface area (Å²) in [4.78, 5) is 14.9. The number of halogens is 2. The number of nitrogens with one attached hydrogen (secondary N) is 1. The zero-order chi connectivity index (χ0) is 14.8. The summed E-state index contributed by atoms with van der Waals surface area (Å²) >= 11 is 0. The molecule has 0 radical (unpaired) electrons. The first kappa shape index (κ1) is 17.2. The SMILES string of the molecule is CC(Cc1cccc(F)c1)C(=O)N1C2CCNCC1CC2.Cl. The van der Waals surface area contributed by atoms with Crippen LogP contribution in [0.15, 0.2) is 24.3 Å². The molecule has 2 aliphatic heterocycles. The van der Waals surface area contributed by atoms with Crippen LogP contribution in [0.4, 0.5) is 4.39 Å². The molecular weight excluding hydrogens is 303 g/mol. The Bertz CT molecular complexity index is 511. The minimum Gasteiger partial charge on any atom is -0.335 e. The van der Waals surface area contributed by atoms with Crippen LogP contribution in [-0.2, 0) is 11.2 Å². The van der Waals surface area contributed by atoms with Crippen molar-refractivity contribution in [3.8, 4) is 0 Å². The highest BCUT2D eigenvalue weighted by molar-refractivity contribution is 5.85. The smallest absolute Gasteiger partial charge is 0.226 e. The van der Waals surface area contributed by atoms with E-state index in [1.54, 1.807) is 6.07 Å². The van der Waals surface area contributed by atoms with Gasteiger partial charge in [0.15, 0.2) is 0 Å². The van der Waals surface area contributed by atoms with Crippen LogP contribution in [0, 0.1) is 11.7 Å². The molecule has 3 unspecified atom stereocenters. The Labute approximate surface area is 137 Å². The molecule has 2 heterocycles. The maximum absolute atomic E-state index is 13.3. The van der Waals surface area contributed by atoms with Gasteiger partial charge in [0.25, 0.3) is 0 Å². The molecule has 0 aliphatic carbocycles. The number of benzene rings is 1. The highest BCUT2D eigenvalue weighted by Crippen LogP contribution is 2.30. The van der Waals surface area contributed by atoms with Gasteiger partial charge in [0.2, 0.25) is 5.91 Å². The predicted octanol–water partition coefficient (Wildman–Crippen LogP) is 2.78. The van der Waals surface area contributed by atoms with Crippen LogP contribution in [0.2, 0.25) is 0 Å². The van der Waals surface area contributed by atoms with Crippen LogP contribution >= 0.6 is 12.4 Å². The van der Waals surface area contributed by atoms with Crippen molar-refractivity contribution in [3.63, 3.8) is 0 Å². The van der Waals surface area contributed by atoms with Crippen LogP contribution in [0.25, 0.3) is 0 Å². The van der Waals surface area contributed by atoms with Gasteiger partial charge in [-0.2, -0.15) is 0 Å². The Morgan fingerprint density at radius 1 is 1.36 bits per heavy atom. The van der Waals surface area contributed by atoms with E-state index in [-0.39, 0.29) is 30.0 Å². The summed E-state index contributed by atoms with van der Waals surface area (Å²) in [6, 6.07) is 7.32. The molecular formula is C17H24ClFN2O. The lowest BCUT2D eigenvalue weighted by molar-refractivity contribution is -0.137. The maximum Gasteiger partial charge on any atom is 0.226 e. The van der Waals surface area contributed by atoms with Gasteiger partial charge in [-0.1, -0.05) is 19.1 Å². The van der Waals surface area contributed by atoms with Gasteiger partial charge >= 0.3 is 0 Å². The lowest BCUT2D eigenvalue weighted by Gasteiger charge is -2.30. The van der Waals surface area contributed by atoms with E-state index in [0.717, 1.165) is 37.9 Å². The third-order valence-corrected chi connectivity index (χ3v) is 4.76. The molecule has 3 nitrogen and oxygen atoms in total. The number of carbonyl (C=O) groups is 1. The second kappa shape index (κ2) is 7.42. The summed E-state index contributed by atoms with van der Waals surface area (Å²) < 4.78 is 13.3. The quantitative estimate of drug-likeness (QED) is 0.926. The zero-order valence-corrected chi connectivity index (χ0v) is 13.7. The number of hydrogen-bond acceptors (Lipinski definition) is 2. The second-order valence-electron chi connectivity index (χ2n) is 6.36. The average molecular weight is 327 g/mol. The van der Waals surface area contributed by atoms with Crippen molar-refractivity contribution in [2.75, 3.05) is 13.1 Å². The molecule has 1 aromatic rings. The highest BCUT2D eigenvalue weighted by atomic mass is 35.5. The number of rotatable bonds is 3. The minimum atomic E-state index is -0.230. The normalized spacial score (nSPS) is 25.3. The fourth-order valence-corrected chi connectivity index (χ4v) is 3.70. The standard InChI is InChI=1S/C17H23FN2O.ClH/c1-12(9-13-3-2-4-14(18)10-13)17(21)20-15-5-6-16(20)11-19-8-7-15;/h2-4,10,12,15-16,19H,5-9,11H2,1H3;1H. The van der Waals surface area contributed by atoms with Gasteiger partial charge in [0.05, 0.1) is 0 Å². The van der Waals surface area contributed by atoms with Crippen molar-refractivity contribution in [2.45, 2.75) is 44.7 Å². The Morgan fingerprint density at radius 2 is 2.14 bits per heavy atom. The molecule has 1 amide bonds. The Hall–Kier alpha value is -1.13. The molecule has 3 atom stereocenters. The van der Waals surface area contributed by atoms with Gasteiger partial charge in [0.1, 0.15) is 5.82 Å². The van der Waals surface area contributed by atoms with Crippen molar-refractivity contribution in [1.82, 2.24) is 10.2 Å². The molecule has 0 aromatic heterocycles. The van der Waals surface area contributed by atoms with Gasteiger partial charge in [-0.25, -0.2) is 4.39 Å². The molecule has 122 valence electrons. The summed E-state index contributed by atoms with van der Waals surface area (Å²) in [5, 5.41) is 3.42. The van der Waals surface area contributed by atoms with E-state index in [1.807, 2.05) is 13.0 Å². The van der Waals surface area contributed by atoms with Crippen molar-refractivity contribution in [3.05, 3.63) is 35.6 Å². The van der Waals surface area contributed by atoms with Gasteiger partial charge in [-0.05, 0) is 49.9 Å². The number of fused-ring (bicyclic) bond motifs is 2. The summed E-state index contributed by atoms with van der Waals surface area (Å²) in [6.45, 7) is 3.88. The van der Waals surface area contributed by atoms with E-state index < -0.39 is 0 Å². The first-order valence-electron chi connectivity index (χ1n) is 7.92. The van der Waals surface area contributed by atoms with Gasteiger partial charge < -0.3 is 10.2 Å². The van der Waals surface area contributed by atoms with Crippen molar-refractivity contribution in [2.24, 2.45) is 5.92 Å². The van der Waals surface area contributed by atoms with Crippen LogP contribution in [-0.4, -0.2) is 36.0 Å². The third kappa shape index (κ3) is 3.61. The number of carbonyl (C=O) groups excluding carboxylic acids is 1. The second-order valence-corrected chi connectivity index (χ2v) is 6.36. The number of nitrogens with zero attached hydrogens (tertiary/aromatic N) is 1. The van der Waals surface area contributed by atoms with Crippen LogP contribution in [0.1, 0.15) is 31.7 Å². The molecule has 2 bridgehead atoms.